The van der Waals surface area contributed by atoms with Crippen LogP contribution in [0.15, 0.2) is 6.07 Å². The summed E-state index contributed by atoms with van der Waals surface area (Å²) in [6, 6.07) is 1.56. The molecule has 0 spiro atoms. The van der Waals surface area contributed by atoms with Crippen molar-refractivity contribution in [2.24, 2.45) is 13.0 Å². The molecule has 0 unspecified atom stereocenters. The third-order valence-electron chi connectivity index (χ3n) is 3.81. The van der Waals surface area contributed by atoms with Crippen molar-refractivity contribution in [3.63, 3.8) is 0 Å². The average Bonchev–Trinajstić information content (AvgIpc) is 3.01. The van der Waals surface area contributed by atoms with Crippen molar-refractivity contribution in [2.75, 3.05) is 10.6 Å². The molecule has 0 saturated heterocycles. The number of nitrogens with zero attached hydrogens (tertiary/aromatic N) is 4. The van der Waals surface area contributed by atoms with Gasteiger partial charge in [0, 0.05) is 25.6 Å². The Hall–Kier alpha value is -2.64. The minimum Gasteiger partial charge on any atom is -0.317 e. The summed E-state index contributed by atoms with van der Waals surface area (Å²) in [6.45, 7) is 10.1. The molecule has 130 valence electrons. The summed E-state index contributed by atoms with van der Waals surface area (Å²) in [5.74, 6) is -0.128. The maximum atomic E-state index is 12.5. The molecule has 0 saturated carbocycles. The summed E-state index contributed by atoms with van der Waals surface area (Å²) in [7, 11) is 1.68. The summed E-state index contributed by atoms with van der Waals surface area (Å²) < 4.78 is 3.31. The van der Waals surface area contributed by atoms with Crippen LogP contribution >= 0.6 is 0 Å². The second kappa shape index (κ2) is 6.86. The van der Waals surface area contributed by atoms with E-state index in [1.165, 1.54) is 4.68 Å². The van der Waals surface area contributed by atoms with Gasteiger partial charge in [0.15, 0.2) is 5.69 Å². The Bertz CT molecular complexity index is 772. The zero-order valence-corrected chi connectivity index (χ0v) is 15.0. The second-order valence-corrected chi connectivity index (χ2v) is 6.00. The Morgan fingerprint density at radius 2 is 1.88 bits per heavy atom. The van der Waals surface area contributed by atoms with Crippen molar-refractivity contribution in [1.29, 1.82) is 0 Å². The molecule has 0 bridgehead atoms. The molecule has 0 aliphatic heterocycles. The molecule has 0 aromatic carbocycles. The van der Waals surface area contributed by atoms with Crippen LogP contribution in [0.25, 0.3) is 0 Å². The maximum absolute atomic E-state index is 12.5. The normalized spacial score (nSPS) is 11.0. The number of amides is 2. The van der Waals surface area contributed by atoms with Gasteiger partial charge in [0.05, 0.1) is 17.1 Å². The number of carbonyl (C=O) groups is 2. The second-order valence-electron chi connectivity index (χ2n) is 6.00. The lowest BCUT2D eigenvalue weighted by atomic mass is 10.2. The first kappa shape index (κ1) is 17.7. The summed E-state index contributed by atoms with van der Waals surface area (Å²) in [5, 5.41) is 14.1. The largest absolute Gasteiger partial charge is 0.317 e. The first-order chi connectivity index (χ1) is 11.2. The van der Waals surface area contributed by atoms with E-state index in [9.17, 15) is 9.59 Å². The van der Waals surface area contributed by atoms with Crippen LogP contribution < -0.4 is 10.6 Å². The average molecular weight is 332 g/mol. The van der Waals surface area contributed by atoms with Crippen molar-refractivity contribution in [3.05, 3.63) is 23.1 Å². The number of hydrogen-bond acceptors (Lipinski definition) is 4. The SMILES string of the molecule is CCn1nc(C)c(NC(=O)c2cc(NC(=O)C(C)C)n(C)n2)c1C. The van der Waals surface area contributed by atoms with Gasteiger partial charge < -0.3 is 10.6 Å². The third-order valence-corrected chi connectivity index (χ3v) is 3.81. The summed E-state index contributed by atoms with van der Waals surface area (Å²) in [4.78, 5) is 24.3. The molecule has 0 fully saturated rings. The summed E-state index contributed by atoms with van der Waals surface area (Å²) in [5.41, 5.74) is 2.58. The van der Waals surface area contributed by atoms with Gasteiger partial charge in [-0.3, -0.25) is 19.0 Å². The molecular formula is C16H24N6O2. The van der Waals surface area contributed by atoms with E-state index >= 15 is 0 Å². The van der Waals surface area contributed by atoms with Crippen LogP contribution in [0.4, 0.5) is 11.5 Å². The van der Waals surface area contributed by atoms with Crippen LogP contribution in [-0.4, -0.2) is 31.4 Å². The molecule has 2 heterocycles. The zero-order valence-electron chi connectivity index (χ0n) is 15.0. The van der Waals surface area contributed by atoms with Crippen LogP contribution in [0.3, 0.4) is 0 Å². The fourth-order valence-electron chi connectivity index (χ4n) is 2.33. The van der Waals surface area contributed by atoms with Gasteiger partial charge in [-0.05, 0) is 20.8 Å². The predicted octanol–water partition coefficient (Wildman–Crippen LogP) is 2.10. The summed E-state index contributed by atoms with van der Waals surface area (Å²) >= 11 is 0. The van der Waals surface area contributed by atoms with E-state index < -0.39 is 0 Å². The Kier molecular flexibility index (Phi) is 5.06. The first-order valence-electron chi connectivity index (χ1n) is 7.94. The van der Waals surface area contributed by atoms with Gasteiger partial charge in [-0.25, -0.2) is 0 Å². The topological polar surface area (TPSA) is 93.8 Å². The molecule has 8 heteroatoms. The van der Waals surface area contributed by atoms with E-state index in [2.05, 4.69) is 20.8 Å². The van der Waals surface area contributed by atoms with Gasteiger partial charge in [0.25, 0.3) is 5.91 Å². The molecule has 2 aromatic rings. The molecule has 24 heavy (non-hydrogen) atoms. The fourth-order valence-corrected chi connectivity index (χ4v) is 2.33. The molecule has 0 aliphatic rings. The minimum atomic E-state index is -0.336. The quantitative estimate of drug-likeness (QED) is 0.877. The van der Waals surface area contributed by atoms with E-state index in [1.807, 2.05) is 25.5 Å². The molecule has 2 amide bonds. The van der Waals surface area contributed by atoms with Gasteiger partial charge in [0.1, 0.15) is 5.82 Å². The van der Waals surface area contributed by atoms with Crippen molar-refractivity contribution >= 4 is 23.3 Å². The molecule has 0 radical (unpaired) electrons. The lowest BCUT2D eigenvalue weighted by Gasteiger charge is -2.06. The Labute approximate surface area is 141 Å². The van der Waals surface area contributed by atoms with Crippen molar-refractivity contribution < 1.29 is 9.59 Å². The first-order valence-corrected chi connectivity index (χ1v) is 7.94. The van der Waals surface area contributed by atoms with E-state index in [0.29, 0.717) is 11.5 Å². The maximum Gasteiger partial charge on any atom is 0.276 e. The zero-order chi connectivity index (χ0) is 18.0. The number of carbonyl (C=O) groups excluding carboxylic acids is 2. The van der Waals surface area contributed by atoms with Crippen molar-refractivity contribution in [3.8, 4) is 0 Å². The summed E-state index contributed by atoms with van der Waals surface area (Å²) in [6.07, 6.45) is 0. The molecule has 2 aromatic heterocycles. The standard InChI is InChI=1S/C16H24N6O2/c1-7-22-11(5)14(10(4)19-22)18-16(24)12-8-13(21(6)20-12)17-15(23)9(2)3/h8-9H,7H2,1-6H3,(H,17,23)(H,18,24). The molecule has 0 aliphatic carbocycles. The van der Waals surface area contributed by atoms with E-state index in [0.717, 1.165) is 17.9 Å². The molecule has 0 atom stereocenters. The van der Waals surface area contributed by atoms with Crippen LogP contribution in [-0.2, 0) is 18.4 Å². The highest BCUT2D eigenvalue weighted by atomic mass is 16.2. The number of hydrogen-bond donors (Lipinski definition) is 2. The van der Waals surface area contributed by atoms with Crippen LogP contribution in [0.5, 0.6) is 0 Å². The highest BCUT2D eigenvalue weighted by Crippen LogP contribution is 2.20. The van der Waals surface area contributed by atoms with Gasteiger partial charge in [-0.1, -0.05) is 13.8 Å². The predicted molar refractivity (Wildman–Crippen MR) is 92.0 cm³/mol. The number of rotatable bonds is 5. The fraction of sp³-hybridized carbons (Fsp3) is 0.500. The number of aromatic nitrogens is 4. The number of nitrogens with one attached hydrogen (secondary N) is 2. The van der Waals surface area contributed by atoms with Gasteiger partial charge in [0.2, 0.25) is 5.91 Å². The van der Waals surface area contributed by atoms with Gasteiger partial charge in [-0.2, -0.15) is 10.2 Å². The number of aryl methyl sites for hydroxylation is 3. The van der Waals surface area contributed by atoms with Crippen molar-refractivity contribution in [2.45, 2.75) is 41.2 Å². The Balaban J connectivity index is 2.19. The van der Waals surface area contributed by atoms with E-state index in [-0.39, 0.29) is 23.4 Å². The van der Waals surface area contributed by atoms with Crippen molar-refractivity contribution in [1.82, 2.24) is 19.6 Å². The van der Waals surface area contributed by atoms with Crippen LogP contribution in [0.1, 0.15) is 42.6 Å². The van der Waals surface area contributed by atoms with E-state index in [1.54, 1.807) is 27.0 Å². The third kappa shape index (κ3) is 3.47. The van der Waals surface area contributed by atoms with Crippen LogP contribution in [0.2, 0.25) is 0 Å². The van der Waals surface area contributed by atoms with Gasteiger partial charge in [-0.15, -0.1) is 0 Å². The van der Waals surface area contributed by atoms with E-state index in [4.69, 9.17) is 0 Å². The Morgan fingerprint density at radius 3 is 2.42 bits per heavy atom. The number of anilines is 2. The molecule has 8 nitrogen and oxygen atoms in total. The monoisotopic (exact) mass is 332 g/mol. The molecule has 2 N–H and O–H groups in total. The van der Waals surface area contributed by atoms with Crippen LogP contribution in [0, 0.1) is 19.8 Å². The smallest absolute Gasteiger partial charge is 0.276 e. The lowest BCUT2D eigenvalue weighted by Crippen LogP contribution is -2.19. The minimum absolute atomic E-state index is 0.124. The molecular weight excluding hydrogens is 308 g/mol. The van der Waals surface area contributed by atoms with Gasteiger partial charge >= 0.3 is 0 Å². The molecule has 2 rings (SSSR count). The Morgan fingerprint density at radius 1 is 1.21 bits per heavy atom. The lowest BCUT2D eigenvalue weighted by molar-refractivity contribution is -0.118. The highest BCUT2D eigenvalue weighted by Gasteiger charge is 2.19. The highest BCUT2D eigenvalue weighted by molar-refractivity contribution is 6.04.